The fraction of sp³-hybridized carbons (Fsp3) is 0. The third-order valence-corrected chi connectivity index (χ3v) is 1.91. The molecule has 0 saturated heterocycles. The van der Waals surface area contributed by atoms with Crippen LogP contribution >= 0.6 is 15.9 Å². The highest BCUT2D eigenvalue weighted by Crippen LogP contribution is 2.10. The molecule has 0 atom stereocenters. The number of aromatic nitrogens is 3. The smallest absolute Gasteiger partial charge is 0.153 e. The van der Waals surface area contributed by atoms with Gasteiger partial charge in [-0.15, -0.1) is 0 Å². The van der Waals surface area contributed by atoms with E-state index in [2.05, 4.69) is 26.0 Å². The van der Waals surface area contributed by atoms with Crippen molar-refractivity contribution < 1.29 is 4.39 Å². The molecule has 66 valence electrons. The summed E-state index contributed by atoms with van der Waals surface area (Å²) in [5.74, 6) is 0.238. The van der Waals surface area contributed by atoms with E-state index in [-0.39, 0.29) is 5.82 Å². The maximum Gasteiger partial charge on any atom is 0.153 e. The van der Waals surface area contributed by atoms with Gasteiger partial charge in [0.2, 0.25) is 0 Å². The molecule has 3 nitrogen and oxygen atoms in total. The van der Waals surface area contributed by atoms with E-state index in [1.165, 1.54) is 6.07 Å². The summed E-state index contributed by atoms with van der Waals surface area (Å²) in [7, 11) is 0. The Morgan fingerprint density at radius 3 is 2.69 bits per heavy atom. The second-order valence-corrected chi connectivity index (χ2v) is 3.35. The van der Waals surface area contributed by atoms with Crippen molar-refractivity contribution in [1.82, 2.24) is 14.8 Å². The van der Waals surface area contributed by atoms with E-state index in [1.807, 2.05) is 0 Å². The lowest BCUT2D eigenvalue weighted by atomic mass is 10.4. The summed E-state index contributed by atoms with van der Waals surface area (Å²) in [4.78, 5) is 3.87. The molecule has 0 spiro atoms. The van der Waals surface area contributed by atoms with Crippen molar-refractivity contribution in [2.24, 2.45) is 0 Å². The molecule has 0 saturated carbocycles. The van der Waals surface area contributed by atoms with Gasteiger partial charge in [-0.1, -0.05) is 0 Å². The van der Waals surface area contributed by atoms with Crippen molar-refractivity contribution in [1.29, 1.82) is 0 Å². The van der Waals surface area contributed by atoms with Gasteiger partial charge in [-0.25, -0.2) is 14.1 Å². The van der Waals surface area contributed by atoms with Crippen LogP contribution in [0.15, 0.2) is 35.2 Å². The minimum absolute atomic E-state index is 0.352. The molecule has 0 aliphatic heterocycles. The molecule has 0 aliphatic rings. The zero-order chi connectivity index (χ0) is 9.26. The molecular weight excluding hydrogens is 237 g/mol. The van der Waals surface area contributed by atoms with Gasteiger partial charge >= 0.3 is 0 Å². The topological polar surface area (TPSA) is 30.7 Å². The lowest BCUT2D eigenvalue weighted by Crippen LogP contribution is -1.97. The molecule has 2 aromatic rings. The summed E-state index contributed by atoms with van der Waals surface area (Å²) in [6, 6.07) is 2.91. The predicted octanol–water partition coefficient (Wildman–Crippen LogP) is 2.17. The molecular formula is C8H5BrFN3. The van der Waals surface area contributed by atoms with Gasteiger partial charge in [0.1, 0.15) is 5.82 Å². The molecule has 0 N–H and O–H groups in total. The number of halogens is 2. The van der Waals surface area contributed by atoms with Gasteiger partial charge in [0.05, 0.1) is 16.9 Å². The molecule has 2 rings (SSSR count). The molecule has 0 aromatic carbocycles. The van der Waals surface area contributed by atoms with Crippen LogP contribution in [-0.4, -0.2) is 14.8 Å². The van der Waals surface area contributed by atoms with Gasteiger partial charge in [0.15, 0.2) is 5.82 Å². The normalized spacial score (nSPS) is 10.3. The van der Waals surface area contributed by atoms with Crippen LogP contribution in [0.25, 0.3) is 5.82 Å². The van der Waals surface area contributed by atoms with Crippen LogP contribution in [0.2, 0.25) is 0 Å². The molecule has 2 heterocycles. The number of nitrogens with zero attached hydrogens (tertiary/aromatic N) is 3. The monoisotopic (exact) mass is 241 g/mol. The quantitative estimate of drug-likeness (QED) is 0.767. The number of pyridine rings is 1. The van der Waals surface area contributed by atoms with Gasteiger partial charge in [-0.3, -0.25) is 0 Å². The Kier molecular flexibility index (Phi) is 2.10. The molecule has 13 heavy (non-hydrogen) atoms. The second-order valence-electron chi connectivity index (χ2n) is 2.44. The van der Waals surface area contributed by atoms with E-state index < -0.39 is 0 Å². The highest BCUT2D eigenvalue weighted by molar-refractivity contribution is 9.10. The molecule has 2 aromatic heterocycles. The predicted molar refractivity (Wildman–Crippen MR) is 49.0 cm³/mol. The fourth-order valence-electron chi connectivity index (χ4n) is 0.930. The number of hydrogen-bond acceptors (Lipinski definition) is 2. The molecule has 0 radical (unpaired) electrons. The second kappa shape index (κ2) is 3.26. The summed E-state index contributed by atoms with van der Waals surface area (Å²) >= 11 is 3.26. The van der Waals surface area contributed by atoms with Crippen molar-refractivity contribution >= 4 is 15.9 Å². The summed E-state index contributed by atoms with van der Waals surface area (Å²) < 4.78 is 14.9. The van der Waals surface area contributed by atoms with Crippen LogP contribution in [0.1, 0.15) is 0 Å². The van der Waals surface area contributed by atoms with E-state index in [9.17, 15) is 4.39 Å². The van der Waals surface area contributed by atoms with E-state index in [0.29, 0.717) is 5.82 Å². The first-order valence-corrected chi connectivity index (χ1v) is 4.37. The largest absolute Gasteiger partial charge is 0.234 e. The van der Waals surface area contributed by atoms with Gasteiger partial charge in [-0.2, -0.15) is 5.10 Å². The van der Waals surface area contributed by atoms with Crippen LogP contribution in [0, 0.1) is 5.82 Å². The van der Waals surface area contributed by atoms with E-state index in [0.717, 1.165) is 10.7 Å². The molecule has 0 amide bonds. The minimum Gasteiger partial charge on any atom is -0.234 e. The lowest BCUT2D eigenvalue weighted by Gasteiger charge is -1.97. The Morgan fingerprint density at radius 1 is 1.31 bits per heavy atom. The fourth-order valence-corrected chi connectivity index (χ4v) is 1.22. The zero-order valence-corrected chi connectivity index (χ0v) is 8.07. The Labute approximate surface area is 82.3 Å². The average molecular weight is 242 g/mol. The highest BCUT2D eigenvalue weighted by Gasteiger charge is 1.99. The Hall–Kier alpha value is -1.23. The lowest BCUT2D eigenvalue weighted by molar-refractivity contribution is 0.619. The summed E-state index contributed by atoms with van der Waals surface area (Å²) in [5.41, 5.74) is 0. The van der Waals surface area contributed by atoms with Crippen molar-refractivity contribution in [3.05, 3.63) is 41.0 Å². The van der Waals surface area contributed by atoms with Gasteiger partial charge < -0.3 is 0 Å². The molecule has 5 heteroatoms. The van der Waals surface area contributed by atoms with Crippen molar-refractivity contribution in [2.75, 3.05) is 0 Å². The standard InChI is InChI=1S/C8H5BrFN3/c9-6-3-12-13(5-6)8-2-1-7(10)4-11-8/h1-5H. The van der Waals surface area contributed by atoms with Crippen LogP contribution in [0.3, 0.4) is 0 Å². The van der Waals surface area contributed by atoms with Crippen LogP contribution in [-0.2, 0) is 0 Å². The highest BCUT2D eigenvalue weighted by atomic mass is 79.9. The SMILES string of the molecule is Fc1ccc(-n2cc(Br)cn2)nc1. The molecule has 0 unspecified atom stereocenters. The van der Waals surface area contributed by atoms with Gasteiger partial charge in [-0.05, 0) is 28.1 Å². The molecule has 0 aliphatic carbocycles. The van der Waals surface area contributed by atoms with Crippen LogP contribution < -0.4 is 0 Å². The molecule has 0 bridgehead atoms. The van der Waals surface area contributed by atoms with Crippen molar-refractivity contribution in [3.63, 3.8) is 0 Å². The maximum absolute atomic E-state index is 12.5. The number of hydrogen-bond donors (Lipinski definition) is 0. The summed E-state index contributed by atoms with van der Waals surface area (Å²) in [6.45, 7) is 0. The van der Waals surface area contributed by atoms with E-state index in [4.69, 9.17) is 0 Å². The van der Waals surface area contributed by atoms with E-state index in [1.54, 1.807) is 23.1 Å². The summed E-state index contributed by atoms with van der Waals surface area (Å²) in [6.07, 6.45) is 4.55. The maximum atomic E-state index is 12.5. The first kappa shape index (κ1) is 8.37. The first-order chi connectivity index (χ1) is 6.25. The molecule has 0 fully saturated rings. The van der Waals surface area contributed by atoms with Gasteiger partial charge in [0.25, 0.3) is 0 Å². The Morgan fingerprint density at radius 2 is 2.15 bits per heavy atom. The third kappa shape index (κ3) is 1.75. The Bertz CT molecular complexity index is 410. The minimum atomic E-state index is -0.352. The van der Waals surface area contributed by atoms with E-state index >= 15 is 0 Å². The third-order valence-electron chi connectivity index (χ3n) is 1.50. The van der Waals surface area contributed by atoms with Crippen LogP contribution in [0.4, 0.5) is 4.39 Å². The van der Waals surface area contributed by atoms with Crippen LogP contribution in [0.5, 0.6) is 0 Å². The van der Waals surface area contributed by atoms with Gasteiger partial charge in [0, 0.05) is 6.20 Å². The summed E-state index contributed by atoms with van der Waals surface area (Å²) in [5, 5.41) is 4.00. The zero-order valence-electron chi connectivity index (χ0n) is 6.48. The number of rotatable bonds is 1. The first-order valence-electron chi connectivity index (χ1n) is 3.58. The average Bonchev–Trinajstić information content (AvgIpc) is 2.53. The van der Waals surface area contributed by atoms with Crippen molar-refractivity contribution in [3.8, 4) is 5.82 Å². The van der Waals surface area contributed by atoms with Crippen molar-refractivity contribution in [2.45, 2.75) is 0 Å². The Balaban J connectivity index is 2.41.